The van der Waals surface area contributed by atoms with Crippen LogP contribution in [0, 0.1) is 0 Å². The molecule has 0 saturated carbocycles. The van der Waals surface area contributed by atoms with Crippen molar-refractivity contribution in [1.29, 1.82) is 0 Å². The van der Waals surface area contributed by atoms with Crippen LogP contribution in [-0.2, 0) is 41.5 Å². The van der Waals surface area contributed by atoms with E-state index >= 15 is 0 Å². The molecule has 0 radical (unpaired) electrons. The Balaban J connectivity index is 0.000000332. The van der Waals surface area contributed by atoms with Crippen molar-refractivity contribution in [2.45, 2.75) is 79.4 Å². The summed E-state index contributed by atoms with van der Waals surface area (Å²) in [4.78, 5) is 11.7. The number of hydrogen-bond acceptors (Lipinski definition) is 5. The number of halogens is 3. The first-order valence-corrected chi connectivity index (χ1v) is 13.0. The topological polar surface area (TPSA) is 59.0 Å². The number of nitrogens with zero attached hydrogens (tertiary/aromatic N) is 1. The van der Waals surface area contributed by atoms with Crippen LogP contribution in [0.25, 0.3) is 0 Å². The summed E-state index contributed by atoms with van der Waals surface area (Å²) in [7, 11) is 1.35. The van der Waals surface area contributed by atoms with Crippen LogP contribution in [-0.4, -0.2) is 42.8 Å². The number of aromatic hydroxyl groups is 1. The van der Waals surface area contributed by atoms with E-state index in [4.69, 9.17) is 9.84 Å². The molecule has 1 aliphatic carbocycles. The third-order valence-corrected chi connectivity index (χ3v) is 6.04. The minimum Gasteiger partial charge on any atom is -0.508 e. The molecule has 208 valence electrons. The van der Waals surface area contributed by atoms with E-state index in [1.54, 1.807) is 18.2 Å². The Morgan fingerprint density at radius 3 is 2.30 bits per heavy atom. The third kappa shape index (κ3) is 10.3. The van der Waals surface area contributed by atoms with Gasteiger partial charge in [-0.1, -0.05) is 39.8 Å². The van der Waals surface area contributed by atoms with Gasteiger partial charge in [-0.2, -0.15) is 13.2 Å². The van der Waals surface area contributed by atoms with Crippen LogP contribution in [0.5, 0.6) is 11.5 Å². The molecule has 1 heterocycles. The van der Waals surface area contributed by atoms with Gasteiger partial charge in [-0.15, -0.1) is 0 Å². The first-order chi connectivity index (χ1) is 17.6. The SMILES string of the molecule is CC.CCCN(CC)Cc1c(C(F)(F)F)ccc2c1CCC2.COC(C)=O.Oc1ccc2c(c1)OCC2. The molecule has 0 spiro atoms. The fraction of sp³-hybridized carbons (Fsp3) is 0.552. The van der Waals surface area contributed by atoms with Gasteiger partial charge in [0.05, 0.1) is 19.3 Å². The molecule has 2 aliphatic rings. The lowest BCUT2D eigenvalue weighted by Gasteiger charge is -2.24. The highest BCUT2D eigenvalue weighted by atomic mass is 19.4. The van der Waals surface area contributed by atoms with Crippen LogP contribution in [0.15, 0.2) is 30.3 Å². The number of fused-ring (bicyclic) bond motifs is 2. The summed E-state index contributed by atoms with van der Waals surface area (Å²) in [5.74, 6) is 0.866. The van der Waals surface area contributed by atoms with E-state index < -0.39 is 11.7 Å². The summed E-state index contributed by atoms with van der Waals surface area (Å²) < 4.78 is 49.0. The zero-order chi connectivity index (χ0) is 28.0. The summed E-state index contributed by atoms with van der Waals surface area (Å²) in [5.41, 5.74) is 3.34. The van der Waals surface area contributed by atoms with Crippen molar-refractivity contribution in [1.82, 2.24) is 4.90 Å². The van der Waals surface area contributed by atoms with Gasteiger partial charge in [0, 0.05) is 26.0 Å². The lowest BCUT2D eigenvalue weighted by Crippen LogP contribution is -2.26. The van der Waals surface area contributed by atoms with Gasteiger partial charge in [0.1, 0.15) is 11.5 Å². The van der Waals surface area contributed by atoms with Crippen molar-refractivity contribution in [3.8, 4) is 11.5 Å². The molecule has 2 aromatic rings. The summed E-state index contributed by atoms with van der Waals surface area (Å²) >= 11 is 0. The molecule has 0 saturated heterocycles. The minimum absolute atomic E-state index is 0.245. The fourth-order valence-electron chi connectivity index (χ4n) is 4.23. The molecule has 0 bridgehead atoms. The molecule has 1 N–H and O–H groups in total. The number of phenols is 1. The second-order valence-corrected chi connectivity index (χ2v) is 8.54. The van der Waals surface area contributed by atoms with Gasteiger partial charge in [-0.3, -0.25) is 9.69 Å². The predicted octanol–water partition coefficient (Wildman–Crippen LogP) is 6.96. The van der Waals surface area contributed by atoms with Crippen LogP contribution in [0.4, 0.5) is 13.2 Å². The van der Waals surface area contributed by atoms with Crippen molar-refractivity contribution < 1.29 is 32.5 Å². The molecular weight excluding hydrogens is 483 g/mol. The van der Waals surface area contributed by atoms with Crippen LogP contribution >= 0.6 is 0 Å². The van der Waals surface area contributed by atoms with E-state index in [1.807, 2.05) is 26.8 Å². The number of hydrogen-bond donors (Lipinski definition) is 1. The van der Waals surface area contributed by atoms with E-state index in [9.17, 15) is 18.0 Å². The van der Waals surface area contributed by atoms with Crippen LogP contribution in [0.3, 0.4) is 0 Å². The molecule has 0 aromatic heterocycles. The van der Waals surface area contributed by atoms with Crippen molar-refractivity contribution >= 4 is 5.97 Å². The van der Waals surface area contributed by atoms with Crippen molar-refractivity contribution in [3.05, 3.63) is 58.1 Å². The van der Waals surface area contributed by atoms with E-state index in [0.29, 0.717) is 12.1 Å². The zero-order valence-electron chi connectivity index (χ0n) is 23.0. The number of phenolic OH excluding ortho intramolecular Hbond substituents is 1. The lowest BCUT2D eigenvalue weighted by molar-refractivity contribution is -0.139. The van der Waals surface area contributed by atoms with E-state index in [0.717, 1.165) is 68.7 Å². The maximum absolute atomic E-state index is 13.2. The number of carbonyl (C=O) groups is 1. The number of carbonyl (C=O) groups excluding carboxylic acids is 1. The molecule has 2 aromatic carbocycles. The van der Waals surface area contributed by atoms with Crippen molar-refractivity contribution in [2.24, 2.45) is 0 Å². The Morgan fingerprint density at radius 2 is 1.73 bits per heavy atom. The Kier molecular flexibility index (Phi) is 14.1. The largest absolute Gasteiger partial charge is 0.508 e. The van der Waals surface area contributed by atoms with Crippen molar-refractivity contribution in [3.63, 3.8) is 0 Å². The smallest absolute Gasteiger partial charge is 0.416 e. The van der Waals surface area contributed by atoms with E-state index in [-0.39, 0.29) is 11.7 Å². The standard InChI is InChI=1S/C16H22F3N.C8H8O2.C3H6O2.C2H6/c1-3-10-20(4-2)11-14-13-7-5-6-12(13)8-9-15(14)16(17,18)19;9-7-2-1-6-3-4-10-8(6)5-7;1-3(4)5-2;1-2/h8-9H,3-7,10-11H2,1-2H3;1-2,5,9H,3-4H2;1-2H3;1-2H3. The number of rotatable bonds is 5. The maximum Gasteiger partial charge on any atom is 0.416 e. The summed E-state index contributed by atoms with van der Waals surface area (Å²) in [6, 6.07) is 8.19. The second kappa shape index (κ2) is 16.2. The minimum atomic E-state index is -4.25. The molecule has 1 aliphatic heterocycles. The van der Waals surface area contributed by atoms with Crippen molar-refractivity contribution in [2.75, 3.05) is 26.8 Å². The van der Waals surface area contributed by atoms with Gasteiger partial charge in [-0.25, -0.2) is 0 Å². The molecule has 0 amide bonds. The van der Waals surface area contributed by atoms with Gasteiger partial charge >= 0.3 is 12.1 Å². The first kappa shape index (κ1) is 32.3. The number of esters is 1. The fourth-order valence-corrected chi connectivity index (χ4v) is 4.23. The molecule has 4 rings (SSSR count). The van der Waals surface area contributed by atoms with Gasteiger partial charge in [0.2, 0.25) is 0 Å². The Morgan fingerprint density at radius 1 is 1.08 bits per heavy atom. The summed E-state index contributed by atoms with van der Waals surface area (Å²) in [6.45, 7) is 12.2. The van der Waals surface area contributed by atoms with E-state index in [2.05, 4.69) is 16.6 Å². The Labute approximate surface area is 219 Å². The van der Waals surface area contributed by atoms with Gasteiger partial charge in [0.15, 0.2) is 0 Å². The highest BCUT2D eigenvalue weighted by molar-refractivity contribution is 5.65. The lowest BCUT2D eigenvalue weighted by atomic mass is 9.96. The molecule has 8 heteroatoms. The normalized spacial score (nSPS) is 13.0. The van der Waals surface area contributed by atoms with Gasteiger partial charge in [-0.05, 0) is 73.2 Å². The average Bonchev–Trinajstić information content (AvgIpc) is 3.54. The monoisotopic (exact) mass is 525 g/mol. The zero-order valence-corrected chi connectivity index (χ0v) is 23.0. The predicted molar refractivity (Wildman–Crippen MR) is 141 cm³/mol. The molecule has 0 fully saturated rings. The van der Waals surface area contributed by atoms with Crippen LogP contribution in [0.2, 0.25) is 0 Å². The van der Waals surface area contributed by atoms with Gasteiger partial charge in [0.25, 0.3) is 0 Å². The quantitative estimate of drug-likeness (QED) is 0.428. The highest BCUT2D eigenvalue weighted by Crippen LogP contribution is 2.38. The summed E-state index contributed by atoms with van der Waals surface area (Å²) in [6.07, 6.45) is 0.362. The molecule has 5 nitrogen and oxygen atoms in total. The first-order valence-electron chi connectivity index (χ1n) is 13.0. The number of aryl methyl sites for hydroxylation is 1. The van der Waals surface area contributed by atoms with Crippen LogP contribution in [0.1, 0.15) is 75.3 Å². The Hall–Kier alpha value is -2.74. The maximum atomic E-state index is 13.2. The highest BCUT2D eigenvalue weighted by Gasteiger charge is 2.35. The number of alkyl halides is 3. The number of benzene rings is 2. The van der Waals surface area contributed by atoms with E-state index in [1.165, 1.54) is 25.7 Å². The summed E-state index contributed by atoms with van der Waals surface area (Å²) in [5, 5.41) is 9.02. The second-order valence-electron chi connectivity index (χ2n) is 8.54. The molecule has 0 atom stereocenters. The van der Waals surface area contributed by atoms with Gasteiger partial charge < -0.3 is 14.6 Å². The Bertz CT molecular complexity index is 976. The third-order valence-electron chi connectivity index (χ3n) is 6.04. The number of ether oxygens (including phenoxy) is 2. The number of methoxy groups -OCH3 is 1. The molecule has 37 heavy (non-hydrogen) atoms. The average molecular weight is 526 g/mol. The van der Waals surface area contributed by atoms with Crippen LogP contribution < -0.4 is 4.74 Å². The molecular formula is C29H42F3NO4. The molecule has 0 unspecified atom stereocenters.